The lowest BCUT2D eigenvalue weighted by Gasteiger charge is -2.07. The number of aromatic nitrogens is 1. The van der Waals surface area contributed by atoms with Gasteiger partial charge in [0.15, 0.2) is 0 Å². The number of carbonyl (C=O) groups excluding carboxylic acids is 2. The van der Waals surface area contributed by atoms with Gasteiger partial charge < -0.3 is 10.1 Å². The Labute approximate surface area is 166 Å². The van der Waals surface area contributed by atoms with Gasteiger partial charge in [0.25, 0.3) is 5.91 Å². The van der Waals surface area contributed by atoms with Gasteiger partial charge in [0.1, 0.15) is 10.7 Å². The van der Waals surface area contributed by atoms with Crippen LogP contribution in [0.2, 0.25) is 0 Å². The average molecular weight is 401 g/mol. The quantitative estimate of drug-likeness (QED) is 0.596. The van der Waals surface area contributed by atoms with E-state index < -0.39 is 5.97 Å². The van der Waals surface area contributed by atoms with Crippen molar-refractivity contribution in [2.24, 2.45) is 0 Å². The maximum absolute atomic E-state index is 13.0. The van der Waals surface area contributed by atoms with Crippen LogP contribution < -0.4 is 5.32 Å². The van der Waals surface area contributed by atoms with E-state index in [-0.39, 0.29) is 12.5 Å². The molecule has 0 aliphatic heterocycles. The summed E-state index contributed by atoms with van der Waals surface area (Å²) in [5.41, 5.74) is 2.55. The van der Waals surface area contributed by atoms with Crippen molar-refractivity contribution in [2.45, 2.75) is 27.7 Å². The van der Waals surface area contributed by atoms with Gasteiger partial charge in [-0.1, -0.05) is 30.3 Å². The van der Waals surface area contributed by atoms with E-state index in [1.807, 2.05) is 51.1 Å². The molecule has 1 N–H and O–H groups in total. The summed E-state index contributed by atoms with van der Waals surface area (Å²) in [6.07, 6.45) is 0. The van der Waals surface area contributed by atoms with Gasteiger partial charge in [0.2, 0.25) is 0 Å². The summed E-state index contributed by atoms with van der Waals surface area (Å²) >= 11 is 2.84. The minimum Gasteiger partial charge on any atom is -0.462 e. The molecule has 2 aromatic heterocycles. The standard InChI is InChI=1S/C20H20N2O3S2/c1-5-25-20(24)15-11(2)12(3)26-19(15)22-18(23)16-17(27-13(4)21-16)14-9-7-6-8-10-14/h6-10H,5H2,1-4H3,(H,22,23). The number of thiazole rings is 1. The SMILES string of the molecule is CCOC(=O)c1c(NC(=O)c2nc(C)sc2-c2ccccc2)sc(C)c1C. The molecule has 0 bridgehead atoms. The molecule has 0 radical (unpaired) electrons. The number of nitrogens with one attached hydrogen (secondary N) is 1. The second-order valence-electron chi connectivity index (χ2n) is 5.94. The molecule has 0 unspecified atom stereocenters. The number of ether oxygens (including phenoxy) is 1. The van der Waals surface area contributed by atoms with Crippen LogP contribution in [-0.2, 0) is 4.74 Å². The van der Waals surface area contributed by atoms with Gasteiger partial charge in [-0.25, -0.2) is 9.78 Å². The van der Waals surface area contributed by atoms with Crippen LogP contribution in [0.15, 0.2) is 30.3 Å². The zero-order valence-corrected chi connectivity index (χ0v) is 17.2. The van der Waals surface area contributed by atoms with Crippen molar-refractivity contribution in [2.75, 3.05) is 11.9 Å². The van der Waals surface area contributed by atoms with Crippen molar-refractivity contribution < 1.29 is 14.3 Å². The predicted octanol–water partition coefficient (Wildman–Crippen LogP) is 5.23. The lowest BCUT2D eigenvalue weighted by Crippen LogP contribution is -2.16. The van der Waals surface area contributed by atoms with E-state index in [0.29, 0.717) is 16.3 Å². The number of hydrogen-bond acceptors (Lipinski definition) is 6. The van der Waals surface area contributed by atoms with E-state index in [9.17, 15) is 9.59 Å². The summed E-state index contributed by atoms with van der Waals surface area (Å²) in [6, 6.07) is 9.69. The number of amides is 1. The van der Waals surface area contributed by atoms with Crippen LogP contribution in [0.3, 0.4) is 0 Å². The highest BCUT2D eigenvalue weighted by Gasteiger charge is 2.25. The van der Waals surface area contributed by atoms with Gasteiger partial charge >= 0.3 is 5.97 Å². The number of nitrogens with zero attached hydrogens (tertiary/aromatic N) is 1. The molecule has 0 saturated carbocycles. The van der Waals surface area contributed by atoms with Crippen LogP contribution in [-0.4, -0.2) is 23.5 Å². The average Bonchev–Trinajstić information content (AvgIpc) is 3.16. The minimum atomic E-state index is -0.424. The third kappa shape index (κ3) is 3.94. The number of hydrogen-bond donors (Lipinski definition) is 1. The maximum atomic E-state index is 13.0. The molecule has 0 saturated heterocycles. The highest BCUT2D eigenvalue weighted by atomic mass is 32.1. The molecule has 0 spiro atoms. The largest absolute Gasteiger partial charge is 0.462 e. The Bertz CT molecular complexity index is 990. The number of rotatable bonds is 5. The summed E-state index contributed by atoms with van der Waals surface area (Å²) in [5.74, 6) is -0.752. The summed E-state index contributed by atoms with van der Waals surface area (Å²) in [4.78, 5) is 31.5. The number of aryl methyl sites for hydroxylation is 2. The van der Waals surface area contributed by atoms with Crippen LogP contribution in [0.1, 0.15) is 43.2 Å². The van der Waals surface area contributed by atoms with Gasteiger partial charge in [0, 0.05) is 4.88 Å². The van der Waals surface area contributed by atoms with E-state index in [4.69, 9.17) is 4.74 Å². The molecule has 0 fully saturated rings. The van der Waals surface area contributed by atoms with Crippen molar-refractivity contribution in [1.82, 2.24) is 4.98 Å². The zero-order valence-electron chi connectivity index (χ0n) is 15.6. The van der Waals surface area contributed by atoms with E-state index >= 15 is 0 Å². The van der Waals surface area contributed by atoms with Crippen molar-refractivity contribution >= 4 is 39.6 Å². The molecule has 1 amide bonds. The van der Waals surface area contributed by atoms with Gasteiger partial charge in [-0.15, -0.1) is 22.7 Å². The molecular formula is C20H20N2O3S2. The number of esters is 1. The van der Waals surface area contributed by atoms with Crippen LogP contribution in [0, 0.1) is 20.8 Å². The van der Waals surface area contributed by atoms with Gasteiger partial charge in [0.05, 0.1) is 22.1 Å². The first-order valence-electron chi connectivity index (χ1n) is 8.53. The highest BCUT2D eigenvalue weighted by Crippen LogP contribution is 2.35. The highest BCUT2D eigenvalue weighted by molar-refractivity contribution is 7.17. The van der Waals surface area contributed by atoms with Crippen molar-refractivity contribution in [1.29, 1.82) is 0 Å². The Balaban J connectivity index is 1.96. The molecule has 1 aromatic carbocycles. The first-order valence-corrected chi connectivity index (χ1v) is 10.2. The molecule has 140 valence electrons. The monoisotopic (exact) mass is 400 g/mol. The summed E-state index contributed by atoms with van der Waals surface area (Å²) in [5, 5.41) is 4.18. The third-order valence-corrected chi connectivity index (χ3v) is 6.22. The van der Waals surface area contributed by atoms with Crippen molar-refractivity contribution in [3.05, 3.63) is 57.0 Å². The molecule has 0 atom stereocenters. The Morgan fingerprint density at radius 2 is 1.81 bits per heavy atom. The number of anilines is 1. The van der Waals surface area contributed by atoms with Gasteiger partial charge in [-0.3, -0.25) is 4.79 Å². The Kier molecular flexibility index (Phi) is 5.72. The molecule has 2 heterocycles. The smallest absolute Gasteiger partial charge is 0.341 e. The van der Waals surface area contributed by atoms with E-state index in [1.165, 1.54) is 22.7 Å². The first-order chi connectivity index (χ1) is 12.9. The second-order valence-corrected chi connectivity index (χ2v) is 8.37. The number of benzene rings is 1. The topological polar surface area (TPSA) is 68.3 Å². The number of carbonyl (C=O) groups is 2. The van der Waals surface area contributed by atoms with Gasteiger partial charge in [-0.05, 0) is 38.8 Å². The fraction of sp³-hybridized carbons (Fsp3) is 0.250. The molecular weight excluding hydrogens is 380 g/mol. The van der Waals surface area contributed by atoms with Crippen LogP contribution in [0.5, 0.6) is 0 Å². The van der Waals surface area contributed by atoms with Crippen LogP contribution in [0.25, 0.3) is 10.4 Å². The first kappa shape index (κ1) is 19.3. The van der Waals surface area contributed by atoms with E-state index in [2.05, 4.69) is 10.3 Å². The Morgan fingerprint density at radius 3 is 2.48 bits per heavy atom. The maximum Gasteiger partial charge on any atom is 0.341 e. The normalized spacial score (nSPS) is 10.7. The molecule has 0 aliphatic rings. The van der Waals surface area contributed by atoms with E-state index in [1.54, 1.807) is 6.92 Å². The molecule has 3 rings (SSSR count). The van der Waals surface area contributed by atoms with Gasteiger partial charge in [-0.2, -0.15) is 0 Å². The molecule has 7 heteroatoms. The summed E-state index contributed by atoms with van der Waals surface area (Å²) in [7, 11) is 0. The second kappa shape index (κ2) is 8.02. The fourth-order valence-corrected chi connectivity index (χ4v) is 4.66. The Morgan fingerprint density at radius 1 is 1.11 bits per heavy atom. The predicted molar refractivity (Wildman–Crippen MR) is 110 cm³/mol. The molecule has 3 aromatic rings. The summed E-state index contributed by atoms with van der Waals surface area (Å²) < 4.78 is 5.15. The molecule has 0 aliphatic carbocycles. The molecule has 27 heavy (non-hydrogen) atoms. The lowest BCUT2D eigenvalue weighted by atomic mass is 10.1. The summed E-state index contributed by atoms with van der Waals surface area (Å²) in [6.45, 7) is 7.69. The molecule has 5 nitrogen and oxygen atoms in total. The van der Waals surface area contributed by atoms with Crippen LogP contribution in [0.4, 0.5) is 5.00 Å². The fourth-order valence-electron chi connectivity index (χ4n) is 2.69. The zero-order chi connectivity index (χ0) is 19.6. The third-order valence-electron chi connectivity index (χ3n) is 4.08. The van der Waals surface area contributed by atoms with Crippen molar-refractivity contribution in [3.63, 3.8) is 0 Å². The number of thiophene rings is 1. The lowest BCUT2D eigenvalue weighted by molar-refractivity contribution is 0.0527. The van der Waals surface area contributed by atoms with E-state index in [0.717, 1.165) is 25.9 Å². The minimum absolute atomic E-state index is 0.282. The van der Waals surface area contributed by atoms with Crippen LogP contribution >= 0.6 is 22.7 Å². The van der Waals surface area contributed by atoms with Crippen molar-refractivity contribution in [3.8, 4) is 10.4 Å². The Hall–Kier alpha value is -2.51.